The van der Waals surface area contributed by atoms with Gasteiger partial charge in [-0.1, -0.05) is 29.8 Å². The molecule has 1 aromatic carbocycles. The molecular weight excluding hydrogens is 286 g/mol. The summed E-state index contributed by atoms with van der Waals surface area (Å²) in [7, 11) is 0. The standard InChI is InChI=1S/C19H23N3O/c1-14-4-2-5-15(10-14)11-19(23)22-16-6-7-17(22)13-18(12-16)21-9-3-8-20-21/h2-5,8-10,16-18H,6-7,11-13H2,1H3. The second kappa shape index (κ2) is 5.84. The fourth-order valence-corrected chi connectivity index (χ4v) is 4.36. The second-order valence-electron chi connectivity index (χ2n) is 6.96. The second-order valence-corrected chi connectivity index (χ2v) is 6.96. The maximum atomic E-state index is 12.8. The van der Waals surface area contributed by atoms with Crippen molar-refractivity contribution >= 4 is 5.91 Å². The number of rotatable bonds is 3. The third-order valence-electron chi connectivity index (χ3n) is 5.33. The minimum absolute atomic E-state index is 0.294. The number of piperidine rings is 1. The largest absolute Gasteiger partial charge is 0.336 e. The van der Waals surface area contributed by atoms with Gasteiger partial charge in [0.05, 0.1) is 12.5 Å². The Labute approximate surface area is 137 Å². The minimum Gasteiger partial charge on any atom is -0.336 e. The molecular formula is C19H23N3O. The van der Waals surface area contributed by atoms with Crippen LogP contribution >= 0.6 is 0 Å². The molecule has 0 aliphatic carbocycles. The van der Waals surface area contributed by atoms with Gasteiger partial charge in [0.2, 0.25) is 5.91 Å². The van der Waals surface area contributed by atoms with Crippen molar-refractivity contribution in [1.82, 2.24) is 14.7 Å². The highest BCUT2D eigenvalue weighted by Crippen LogP contribution is 2.40. The molecule has 4 heteroatoms. The summed E-state index contributed by atoms with van der Waals surface area (Å²) >= 11 is 0. The lowest BCUT2D eigenvalue weighted by atomic mass is 9.96. The molecule has 0 saturated carbocycles. The topological polar surface area (TPSA) is 38.1 Å². The summed E-state index contributed by atoms with van der Waals surface area (Å²) < 4.78 is 2.08. The van der Waals surface area contributed by atoms with Gasteiger partial charge in [0, 0.05) is 24.5 Å². The molecule has 4 nitrogen and oxygen atoms in total. The number of amides is 1. The van der Waals surface area contributed by atoms with E-state index < -0.39 is 0 Å². The molecule has 2 bridgehead atoms. The molecule has 23 heavy (non-hydrogen) atoms. The van der Waals surface area contributed by atoms with Crippen molar-refractivity contribution in [1.29, 1.82) is 0 Å². The van der Waals surface area contributed by atoms with Gasteiger partial charge in [-0.05, 0) is 44.2 Å². The summed E-state index contributed by atoms with van der Waals surface area (Å²) in [5, 5.41) is 4.40. The molecule has 120 valence electrons. The average molecular weight is 309 g/mol. The first-order chi connectivity index (χ1) is 11.2. The Morgan fingerprint density at radius 2 is 1.96 bits per heavy atom. The Morgan fingerprint density at radius 3 is 2.61 bits per heavy atom. The number of fused-ring (bicyclic) bond motifs is 2. The van der Waals surface area contributed by atoms with E-state index in [0.717, 1.165) is 31.2 Å². The van der Waals surface area contributed by atoms with Gasteiger partial charge in [-0.25, -0.2) is 0 Å². The molecule has 2 aliphatic rings. The number of aryl methyl sites for hydroxylation is 1. The van der Waals surface area contributed by atoms with Gasteiger partial charge >= 0.3 is 0 Å². The highest BCUT2D eigenvalue weighted by molar-refractivity contribution is 5.80. The minimum atomic E-state index is 0.294. The number of carbonyl (C=O) groups is 1. The lowest BCUT2D eigenvalue weighted by Gasteiger charge is -2.39. The van der Waals surface area contributed by atoms with Gasteiger partial charge in [-0.3, -0.25) is 9.48 Å². The first kappa shape index (κ1) is 14.5. The third-order valence-corrected chi connectivity index (χ3v) is 5.33. The van der Waals surface area contributed by atoms with Crippen molar-refractivity contribution in [3.63, 3.8) is 0 Å². The first-order valence-corrected chi connectivity index (χ1v) is 8.56. The van der Waals surface area contributed by atoms with Crippen LogP contribution in [-0.4, -0.2) is 32.7 Å². The van der Waals surface area contributed by atoms with Crippen LogP contribution < -0.4 is 0 Å². The van der Waals surface area contributed by atoms with Crippen molar-refractivity contribution in [2.45, 2.75) is 57.2 Å². The third kappa shape index (κ3) is 2.78. The van der Waals surface area contributed by atoms with E-state index >= 15 is 0 Å². The summed E-state index contributed by atoms with van der Waals surface area (Å²) in [6.45, 7) is 2.08. The molecule has 2 aromatic rings. The molecule has 0 radical (unpaired) electrons. The monoisotopic (exact) mass is 309 g/mol. The van der Waals surface area contributed by atoms with Gasteiger partial charge in [-0.2, -0.15) is 5.10 Å². The van der Waals surface area contributed by atoms with Gasteiger partial charge in [0.15, 0.2) is 0 Å². The molecule has 4 rings (SSSR count). The first-order valence-electron chi connectivity index (χ1n) is 8.56. The lowest BCUT2D eigenvalue weighted by molar-refractivity contribution is -0.135. The maximum absolute atomic E-state index is 12.8. The molecule has 2 aliphatic heterocycles. The van der Waals surface area contributed by atoms with Crippen LogP contribution in [0.4, 0.5) is 0 Å². The lowest BCUT2D eigenvalue weighted by Crippen LogP contribution is -2.47. The number of hydrogen-bond donors (Lipinski definition) is 0. The van der Waals surface area contributed by atoms with E-state index in [1.54, 1.807) is 0 Å². The van der Waals surface area contributed by atoms with Crippen LogP contribution in [0.5, 0.6) is 0 Å². The molecule has 2 saturated heterocycles. The number of carbonyl (C=O) groups excluding carboxylic acids is 1. The number of hydrogen-bond acceptors (Lipinski definition) is 2. The van der Waals surface area contributed by atoms with E-state index in [-0.39, 0.29) is 0 Å². The maximum Gasteiger partial charge on any atom is 0.227 e. The van der Waals surface area contributed by atoms with Crippen molar-refractivity contribution in [3.8, 4) is 0 Å². The quantitative estimate of drug-likeness (QED) is 0.873. The number of nitrogens with zero attached hydrogens (tertiary/aromatic N) is 3. The fraction of sp³-hybridized carbons (Fsp3) is 0.474. The summed E-state index contributed by atoms with van der Waals surface area (Å²) in [6.07, 6.45) is 8.78. The molecule has 2 atom stereocenters. The molecule has 0 N–H and O–H groups in total. The molecule has 3 heterocycles. The predicted molar refractivity (Wildman–Crippen MR) is 89.0 cm³/mol. The fourth-order valence-electron chi connectivity index (χ4n) is 4.36. The Kier molecular flexibility index (Phi) is 3.68. The summed E-state index contributed by atoms with van der Waals surface area (Å²) in [4.78, 5) is 15.0. The zero-order valence-corrected chi connectivity index (χ0v) is 13.6. The van der Waals surface area contributed by atoms with E-state index in [2.05, 4.69) is 39.8 Å². The Hall–Kier alpha value is -2.10. The van der Waals surface area contributed by atoms with E-state index in [0.29, 0.717) is 30.5 Å². The van der Waals surface area contributed by atoms with Crippen LogP contribution in [0.15, 0.2) is 42.7 Å². The molecule has 1 amide bonds. The Balaban J connectivity index is 1.47. The van der Waals surface area contributed by atoms with Crippen molar-refractivity contribution in [3.05, 3.63) is 53.9 Å². The average Bonchev–Trinajstić information content (AvgIpc) is 3.14. The van der Waals surface area contributed by atoms with Crippen molar-refractivity contribution < 1.29 is 4.79 Å². The zero-order chi connectivity index (χ0) is 15.8. The highest BCUT2D eigenvalue weighted by atomic mass is 16.2. The zero-order valence-electron chi connectivity index (χ0n) is 13.6. The summed E-state index contributed by atoms with van der Waals surface area (Å²) in [5.74, 6) is 0.294. The smallest absolute Gasteiger partial charge is 0.227 e. The van der Waals surface area contributed by atoms with Crippen LogP contribution in [0.1, 0.15) is 42.9 Å². The van der Waals surface area contributed by atoms with Crippen LogP contribution in [0.2, 0.25) is 0 Å². The predicted octanol–water partition coefficient (Wildman–Crippen LogP) is 3.13. The van der Waals surface area contributed by atoms with Crippen LogP contribution in [0.3, 0.4) is 0 Å². The van der Waals surface area contributed by atoms with E-state index in [1.165, 1.54) is 5.56 Å². The number of aromatic nitrogens is 2. The molecule has 2 fully saturated rings. The molecule has 2 unspecified atom stereocenters. The van der Waals surface area contributed by atoms with E-state index in [9.17, 15) is 4.79 Å². The summed E-state index contributed by atoms with van der Waals surface area (Å²) in [6, 6.07) is 11.5. The van der Waals surface area contributed by atoms with Crippen molar-refractivity contribution in [2.24, 2.45) is 0 Å². The van der Waals surface area contributed by atoms with Gasteiger partial charge in [-0.15, -0.1) is 0 Å². The highest BCUT2D eigenvalue weighted by Gasteiger charge is 2.43. The van der Waals surface area contributed by atoms with Gasteiger partial charge < -0.3 is 4.90 Å². The van der Waals surface area contributed by atoms with E-state index in [4.69, 9.17) is 0 Å². The van der Waals surface area contributed by atoms with Gasteiger partial charge in [0.1, 0.15) is 0 Å². The number of benzene rings is 1. The molecule has 0 spiro atoms. The Bertz CT molecular complexity index is 680. The van der Waals surface area contributed by atoms with E-state index in [1.807, 2.05) is 24.5 Å². The SMILES string of the molecule is Cc1cccc(CC(=O)N2C3CCC2CC(n2cccn2)C3)c1. The van der Waals surface area contributed by atoms with Crippen molar-refractivity contribution in [2.75, 3.05) is 0 Å². The summed E-state index contributed by atoms with van der Waals surface area (Å²) in [5.41, 5.74) is 2.35. The molecule has 1 aromatic heterocycles. The normalized spacial score (nSPS) is 26.5. The Morgan fingerprint density at radius 1 is 1.17 bits per heavy atom. The van der Waals surface area contributed by atoms with Crippen LogP contribution in [-0.2, 0) is 11.2 Å². The van der Waals surface area contributed by atoms with Gasteiger partial charge in [0.25, 0.3) is 0 Å². The van der Waals surface area contributed by atoms with Crippen LogP contribution in [0, 0.1) is 6.92 Å². The van der Waals surface area contributed by atoms with Crippen LogP contribution in [0.25, 0.3) is 0 Å².